The lowest BCUT2D eigenvalue weighted by molar-refractivity contribution is 0.129. The summed E-state index contributed by atoms with van der Waals surface area (Å²) >= 11 is 0. The fraction of sp³-hybridized carbons (Fsp3) is 1.00. The Morgan fingerprint density at radius 2 is 1.04 bits per heavy atom. The van der Waals surface area contributed by atoms with Crippen LogP contribution in [0.2, 0.25) is 0 Å². The van der Waals surface area contributed by atoms with Crippen LogP contribution in [0.4, 0.5) is 0 Å². The number of unbranched alkanes of at least 4 members (excludes halogenated alkanes) is 12. The van der Waals surface area contributed by atoms with Crippen molar-refractivity contribution in [2.75, 3.05) is 32.7 Å². The molecule has 2 heterocycles. The van der Waals surface area contributed by atoms with E-state index in [0.29, 0.717) is 0 Å². The Kier molecular flexibility index (Phi) is 13.6. The van der Waals surface area contributed by atoms with Crippen LogP contribution in [0.25, 0.3) is 0 Å². The summed E-state index contributed by atoms with van der Waals surface area (Å²) < 4.78 is 0. The van der Waals surface area contributed by atoms with Crippen LogP contribution in [-0.4, -0.2) is 37.6 Å². The van der Waals surface area contributed by atoms with E-state index in [0.717, 1.165) is 11.8 Å². The summed E-state index contributed by atoms with van der Waals surface area (Å²) in [7, 11) is 0. The molecule has 0 aliphatic carbocycles. The molecule has 0 spiro atoms. The summed E-state index contributed by atoms with van der Waals surface area (Å²) in [5.74, 6) is 2.07. The zero-order chi connectivity index (χ0) is 19.0. The highest BCUT2D eigenvalue weighted by Gasteiger charge is 2.27. The van der Waals surface area contributed by atoms with Gasteiger partial charge < -0.3 is 10.2 Å². The van der Waals surface area contributed by atoms with Gasteiger partial charge >= 0.3 is 0 Å². The fourth-order valence-corrected chi connectivity index (χ4v) is 5.32. The Hall–Kier alpha value is -0.0800. The third-order valence-electron chi connectivity index (χ3n) is 7.26. The van der Waals surface area contributed by atoms with Crippen molar-refractivity contribution in [2.45, 2.75) is 116 Å². The Morgan fingerprint density at radius 3 is 1.56 bits per heavy atom. The topological polar surface area (TPSA) is 15.3 Å². The van der Waals surface area contributed by atoms with Gasteiger partial charge in [-0.2, -0.15) is 0 Å². The second-order valence-electron chi connectivity index (χ2n) is 9.51. The van der Waals surface area contributed by atoms with E-state index in [1.54, 1.807) is 0 Å². The molecule has 160 valence electrons. The molecule has 2 saturated heterocycles. The lowest BCUT2D eigenvalue weighted by Crippen LogP contribution is -2.39. The minimum atomic E-state index is 1.03. The maximum absolute atomic E-state index is 3.52. The van der Waals surface area contributed by atoms with Crippen molar-refractivity contribution in [1.29, 1.82) is 0 Å². The molecule has 0 atom stereocenters. The van der Waals surface area contributed by atoms with Crippen molar-refractivity contribution in [3.63, 3.8) is 0 Å². The van der Waals surface area contributed by atoms with E-state index in [1.165, 1.54) is 142 Å². The van der Waals surface area contributed by atoms with Gasteiger partial charge in [0.15, 0.2) is 0 Å². The Balaban J connectivity index is 1.32. The molecule has 0 radical (unpaired) electrons. The largest absolute Gasteiger partial charge is 0.317 e. The Morgan fingerprint density at radius 1 is 0.593 bits per heavy atom. The van der Waals surface area contributed by atoms with E-state index >= 15 is 0 Å². The molecule has 1 N–H and O–H groups in total. The van der Waals surface area contributed by atoms with Crippen LogP contribution < -0.4 is 5.32 Å². The zero-order valence-corrected chi connectivity index (χ0v) is 18.7. The minimum Gasteiger partial charge on any atom is -0.317 e. The van der Waals surface area contributed by atoms with Crippen LogP contribution in [0.15, 0.2) is 0 Å². The van der Waals surface area contributed by atoms with Gasteiger partial charge in [0.25, 0.3) is 0 Å². The number of hydrogen-bond acceptors (Lipinski definition) is 2. The van der Waals surface area contributed by atoms with Crippen LogP contribution >= 0.6 is 0 Å². The molecular weight excluding hydrogens is 328 g/mol. The second-order valence-corrected chi connectivity index (χ2v) is 9.51. The Labute approximate surface area is 171 Å². The molecule has 27 heavy (non-hydrogen) atoms. The third-order valence-corrected chi connectivity index (χ3v) is 7.26. The van der Waals surface area contributed by atoms with E-state index in [9.17, 15) is 0 Å². The second kappa shape index (κ2) is 15.8. The first-order valence-electron chi connectivity index (χ1n) is 12.8. The lowest BCUT2D eigenvalue weighted by Gasteiger charge is -2.37. The normalized spacial score (nSPS) is 20.3. The summed E-state index contributed by atoms with van der Waals surface area (Å²) in [6.45, 7) is 8.97. The molecule has 2 rings (SSSR count). The van der Waals surface area contributed by atoms with Gasteiger partial charge in [-0.15, -0.1) is 0 Å². The molecule has 0 amide bonds. The fourth-order valence-electron chi connectivity index (χ4n) is 5.32. The number of nitrogens with one attached hydrogen (secondary N) is 1. The predicted molar refractivity (Wildman–Crippen MR) is 120 cm³/mol. The van der Waals surface area contributed by atoms with Crippen LogP contribution in [0.1, 0.15) is 116 Å². The van der Waals surface area contributed by atoms with Crippen LogP contribution in [-0.2, 0) is 0 Å². The van der Waals surface area contributed by atoms with Crippen LogP contribution in [0.3, 0.4) is 0 Å². The SMILES string of the molecule is CCCCCCCCCCCCCCCN1CCC(C2CCNCC2)CC1. The van der Waals surface area contributed by atoms with Gasteiger partial charge in [-0.3, -0.25) is 0 Å². The molecule has 0 aromatic carbocycles. The average Bonchev–Trinajstić information content (AvgIpc) is 2.72. The summed E-state index contributed by atoms with van der Waals surface area (Å²) in [5.41, 5.74) is 0. The van der Waals surface area contributed by atoms with E-state index in [2.05, 4.69) is 17.1 Å². The van der Waals surface area contributed by atoms with Gasteiger partial charge in [-0.1, -0.05) is 84.0 Å². The Bertz CT molecular complexity index is 316. The first kappa shape index (κ1) is 23.2. The number of nitrogens with zero attached hydrogens (tertiary/aromatic N) is 1. The summed E-state index contributed by atoms with van der Waals surface area (Å²) in [5, 5.41) is 3.52. The van der Waals surface area contributed by atoms with Crippen LogP contribution in [0.5, 0.6) is 0 Å². The number of piperidine rings is 2. The van der Waals surface area contributed by atoms with Gasteiger partial charge in [0.05, 0.1) is 0 Å². The standard InChI is InChI=1S/C25H50N2/c1-2-3-4-5-6-7-8-9-10-11-12-13-14-21-27-22-17-25(18-23-27)24-15-19-26-20-16-24/h24-26H,2-23H2,1H3. The highest BCUT2D eigenvalue weighted by molar-refractivity contribution is 4.81. The molecule has 2 aliphatic rings. The van der Waals surface area contributed by atoms with Gasteiger partial charge in [0, 0.05) is 0 Å². The van der Waals surface area contributed by atoms with Gasteiger partial charge in [-0.25, -0.2) is 0 Å². The van der Waals surface area contributed by atoms with E-state index in [-0.39, 0.29) is 0 Å². The molecular formula is C25H50N2. The van der Waals surface area contributed by atoms with Gasteiger partial charge in [0.1, 0.15) is 0 Å². The van der Waals surface area contributed by atoms with E-state index < -0.39 is 0 Å². The van der Waals surface area contributed by atoms with E-state index in [4.69, 9.17) is 0 Å². The molecule has 0 unspecified atom stereocenters. The summed E-state index contributed by atoms with van der Waals surface area (Å²) in [6.07, 6.45) is 24.8. The molecule has 2 heteroatoms. The highest BCUT2D eigenvalue weighted by atomic mass is 15.1. The molecule has 0 aromatic heterocycles. The molecule has 0 aromatic rings. The van der Waals surface area contributed by atoms with Gasteiger partial charge in [-0.05, 0) is 76.7 Å². The van der Waals surface area contributed by atoms with Crippen molar-refractivity contribution in [1.82, 2.24) is 10.2 Å². The van der Waals surface area contributed by atoms with Crippen molar-refractivity contribution in [3.8, 4) is 0 Å². The molecule has 2 fully saturated rings. The third kappa shape index (κ3) is 10.9. The summed E-state index contributed by atoms with van der Waals surface area (Å²) in [6, 6.07) is 0. The molecule has 0 saturated carbocycles. The lowest BCUT2D eigenvalue weighted by atomic mass is 9.79. The van der Waals surface area contributed by atoms with Crippen molar-refractivity contribution >= 4 is 0 Å². The average molecular weight is 379 g/mol. The number of rotatable bonds is 15. The molecule has 2 aliphatic heterocycles. The molecule has 0 bridgehead atoms. The maximum Gasteiger partial charge on any atom is -0.00160 e. The predicted octanol–water partition coefficient (Wildman–Crippen LogP) is 6.79. The maximum atomic E-state index is 3.52. The minimum absolute atomic E-state index is 1.03. The highest BCUT2D eigenvalue weighted by Crippen LogP contribution is 2.30. The van der Waals surface area contributed by atoms with Crippen molar-refractivity contribution in [3.05, 3.63) is 0 Å². The first-order chi connectivity index (χ1) is 13.4. The summed E-state index contributed by atoms with van der Waals surface area (Å²) in [4.78, 5) is 2.76. The van der Waals surface area contributed by atoms with Crippen molar-refractivity contribution in [2.24, 2.45) is 11.8 Å². The van der Waals surface area contributed by atoms with Crippen LogP contribution in [0, 0.1) is 11.8 Å². The number of likely N-dealkylation sites (tertiary alicyclic amines) is 1. The van der Waals surface area contributed by atoms with E-state index in [1.807, 2.05) is 0 Å². The smallest absolute Gasteiger partial charge is 0.00160 e. The molecule has 2 nitrogen and oxygen atoms in total. The van der Waals surface area contributed by atoms with Gasteiger partial charge in [0.2, 0.25) is 0 Å². The monoisotopic (exact) mass is 378 g/mol. The zero-order valence-electron chi connectivity index (χ0n) is 18.7. The first-order valence-corrected chi connectivity index (χ1v) is 12.8. The number of hydrogen-bond donors (Lipinski definition) is 1. The quantitative estimate of drug-likeness (QED) is 0.316. The van der Waals surface area contributed by atoms with Crippen molar-refractivity contribution < 1.29 is 0 Å².